The first kappa shape index (κ1) is 14.5. The highest BCUT2D eigenvalue weighted by atomic mass is 16.3. The van der Waals surface area contributed by atoms with E-state index in [1.165, 1.54) is 4.68 Å². The van der Waals surface area contributed by atoms with E-state index in [0.29, 0.717) is 0 Å². The van der Waals surface area contributed by atoms with Crippen molar-refractivity contribution in [1.29, 1.82) is 0 Å². The number of aryl methyl sites for hydroxylation is 3. The van der Waals surface area contributed by atoms with Gasteiger partial charge in [-0.1, -0.05) is 31.2 Å². The van der Waals surface area contributed by atoms with Gasteiger partial charge < -0.3 is 5.11 Å². The zero-order valence-corrected chi connectivity index (χ0v) is 12.3. The maximum Gasteiger partial charge on any atom is 0.252 e. The summed E-state index contributed by atoms with van der Waals surface area (Å²) < 4.78 is 1.38. The molecule has 0 unspecified atom stereocenters. The molecule has 4 nitrogen and oxygen atoms in total. The standard InChI is InChI=1S/C16H20N2O2/c1-10-7-5-6-8-14(10)15(19)13(4)16(20)18-12(3)9-11(2)17-18/h5-9,13,15,19H,1-4H3/t13-,15+/m0/s1. The molecule has 0 aliphatic heterocycles. The zero-order valence-electron chi connectivity index (χ0n) is 12.3. The van der Waals surface area contributed by atoms with E-state index in [4.69, 9.17) is 0 Å². The lowest BCUT2D eigenvalue weighted by Crippen LogP contribution is -2.27. The quantitative estimate of drug-likeness (QED) is 0.934. The Hall–Kier alpha value is -1.94. The van der Waals surface area contributed by atoms with E-state index in [2.05, 4.69) is 5.10 Å². The van der Waals surface area contributed by atoms with Crippen LogP contribution < -0.4 is 0 Å². The number of benzene rings is 1. The van der Waals surface area contributed by atoms with E-state index >= 15 is 0 Å². The number of hydrogen-bond donors (Lipinski definition) is 1. The zero-order chi connectivity index (χ0) is 14.9. The van der Waals surface area contributed by atoms with Crippen molar-refractivity contribution in [2.45, 2.75) is 33.8 Å². The van der Waals surface area contributed by atoms with E-state index in [9.17, 15) is 9.90 Å². The summed E-state index contributed by atoms with van der Waals surface area (Å²) in [6.07, 6.45) is -0.826. The maximum atomic E-state index is 12.4. The maximum absolute atomic E-state index is 12.4. The summed E-state index contributed by atoms with van der Waals surface area (Å²) >= 11 is 0. The van der Waals surface area contributed by atoms with Crippen molar-refractivity contribution in [1.82, 2.24) is 9.78 Å². The molecule has 2 rings (SSSR count). The van der Waals surface area contributed by atoms with Crippen molar-refractivity contribution in [3.8, 4) is 0 Å². The van der Waals surface area contributed by atoms with Crippen LogP contribution in [0.4, 0.5) is 0 Å². The molecule has 1 aromatic heterocycles. The van der Waals surface area contributed by atoms with Crippen molar-refractivity contribution >= 4 is 5.91 Å². The lowest BCUT2D eigenvalue weighted by molar-refractivity contribution is 0.0609. The average molecular weight is 272 g/mol. The third-order valence-electron chi connectivity index (χ3n) is 3.59. The van der Waals surface area contributed by atoms with Crippen LogP contribution in [0.5, 0.6) is 0 Å². The first-order chi connectivity index (χ1) is 9.41. The van der Waals surface area contributed by atoms with Crippen molar-refractivity contribution < 1.29 is 9.90 Å². The van der Waals surface area contributed by atoms with Gasteiger partial charge in [-0.05, 0) is 38.0 Å². The van der Waals surface area contributed by atoms with Crippen LogP contribution in [0.3, 0.4) is 0 Å². The number of aliphatic hydroxyl groups is 1. The number of hydrogen-bond acceptors (Lipinski definition) is 3. The fourth-order valence-corrected chi connectivity index (χ4v) is 2.37. The molecule has 0 radical (unpaired) electrons. The normalized spacial score (nSPS) is 14.1. The number of carbonyl (C=O) groups excluding carboxylic acids is 1. The van der Waals surface area contributed by atoms with Gasteiger partial charge >= 0.3 is 0 Å². The van der Waals surface area contributed by atoms with Crippen LogP contribution in [0.2, 0.25) is 0 Å². The van der Waals surface area contributed by atoms with E-state index in [1.54, 1.807) is 6.92 Å². The van der Waals surface area contributed by atoms with Gasteiger partial charge in [-0.15, -0.1) is 0 Å². The Kier molecular flexibility index (Phi) is 4.04. The monoisotopic (exact) mass is 272 g/mol. The molecule has 106 valence electrons. The van der Waals surface area contributed by atoms with Crippen molar-refractivity contribution in [3.05, 3.63) is 52.8 Å². The molecule has 0 saturated carbocycles. The van der Waals surface area contributed by atoms with Crippen molar-refractivity contribution in [2.24, 2.45) is 5.92 Å². The second-order valence-corrected chi connectivity index (χ2v) is 5.27. The Bertz CT molecular complexity index is 631. The first-order valence-corrected chi connectivity index (χ1v) is 6.73. The summed E-state index contributed by atoms with van der Waals surface area (Å²) in [5, 5.41) is 14.6. The second-order valence-electron chi connectivity index (χ2n) is 5.27. The molecule has 0 aliphatic carbocycles. The van der Waals surface area contributed by atoms with Gasteiger partial charge in [0, 0.05) is 5.69 Å². The highest BCUT2D eigenvalue weighted by molar-refractivity contribution is 5.81. The largest absolute Gasteiger partial charge is 0.388 e. The van der Waals surface area contributed by atoms with E-state index < -0.39 is 12.0 Å². The highest BCUT2D eigenvalue weighted by Crippen LogP contribution is 2.26. The van der Waals surface area contributed by atoms with Crippen LogP contribution in [-0.2, 0) is 0 Å². The van der Waals surface area contributed by atoms with Gasteiger partial charge in [0.15, 0.2) is 0 Å². The van der Waals surface area contributed by atoms with Crippen LogP contribution in [0.25, 0.3) is 0 Å². The second kappa shape index (κ2) is 5.59. The molecule has 2 atom stereocenters. The fraction of sp³-hybridized carbons (Fsp3) is 0.375. The molecule has 1 N–H and O–H groups in total. The average Bonchev–Trinajstić information content (AvgIpc) is 2.76. The molecular weight excluding hydrogens is 252 g/mol. The molecule has 0 saturated heterocycles. The topological polar surface area (TPSA) is 55.1 Å². The number of nitrogens with zero attached hydrogens (tertiary/aromatic N) is 2. The lowest BCUT2D eigenvalue weighted by atomic mass is 9.93. The predicted molar refractivity (Wildman–Crippen MR) is 77.6 cm³/mol. The van der Waals surface area contributed by atoms with E-state index in [1.807, 2.05) is 51.1 Å². The minimum atomic E-state index is -0.826. The summed E-state index contributed by atoms with van der Waals surface area (Å²) in [5.74, 6) is -0.736. The summed E-state index contributed by atoms with van der Waals surface area (Å²) in [5.41, 5.74) is 3.35. The van der Waals surface area contributed by atoms with Gasteiger partial charge in [0.1, 0.15) is 0 Å². The van der Waals surface area contributed by atoms with Gasteiger partial charge in [-0.2, -0.15) is 5.10 Å². The minimum absolute atomic E-state index is 0.189. The molecule has 2 aromatic rings. The molecular formula is C16H20N2O2. The van der Waals surface area contributed by atoms with Gasteiger partial charge in [-0.3, -0.25) is 4.79 Å². The van der Waals surface area contributed by atoms with Crippen molar-refractivity contribution in [2.75, 3.05) is 0 Å². The number of aromatic nitrogens is 2. The van der Waals surface area contributed by atoms with Gasteiger partial charge in [-0.25, -0.2) is 4.68 Å². The number of carbonyl (C=O) groups is 1. The van der Waals surface area contributed by atoms with Gasteiger partial charge in [0.2, 0.25) is 0 Å². The minimum Gasteiger partial charge on any atom is -0.388 e. The van der Waals surface area contributed by atoms with Crippen molar-refractivity contribution in [3.63, 3.8) is 0 Å². The molecule has 0 spiro atoms. The smallest absolute Gasteiger partial charge is 0.252 e. The summed E-state index contributed by atoms with van der Waals surface area (Å²) in [7, 11) is 0. The fourth-order valence-electron chi connectivity index (χ4n) is 2.37. The van der Waals surface area contributed by atoms with Gasteiger partial charge in [0.05, 0.1) is 17.7 Å². The van der Waals surface area contributed by atoms with Crippen LogP contribution in [0.1, 0.15) is 40.3 Å². The Morgan fingerprint density at radius 1 is 1.25 bits per heavy atom. The summed E-state index contributed by atoms with van der Waals surface area (Å²) in [6.45, 7) is 7.35. The molecule has 0 aliphatic rings. The first-order valence-electron chi connectivity index (χ1n) is 6.73. The Balaban J connectivity index is 2.27. The van der Waals surface area contributed by atoms with Crippen LogP contribution in [0.15, 0.2) is 30.3 Å². The molecule has 4 heteroatoms. The Labute approximate surface area is 119 Å². The van der Waals surface area contributed by atoms with Crippen LogP contribution in [-0.4, -0.2) is 20.8 Å². The van der Waals surface area contributed by atoms with Gasteiger partial charge in [0.25, 0.3) is 5.91 Å². The molecule has 0 fully saturated rings. The van der Waals surface area contributed by atoms with E-state index in [0.717, 1.165) is 22.5 Å². The molecule has 0 amide bonds. The Morgan fingerprint density at radius 3 is 2.45 bits per heavy atom. The SMILES string of the molecule is Cc1cc(C)n(C(=O)[C@@H](C)[C@@H](O)c2ccccc2C)n1. The lowest BCUT2D eigenvalue weighted by Gasteiger charge is -2.20. The summed E-state index contributed by atoms with van der Waals surface area (Å²) in [6, 6.07) is 9.42. The third kappa shape index (κ3) is 2.65. The number of rotatable bonds is 3. The molecule has 1 heterocycles. The number of aliphatic hydroxyl groups excluding tert-OH is 1. The molecule has 0 bridgehead atoms. The highest BCUT2D eigenvalue weighted by Gasteiger charge is 2.27. The predicted octanol–water partition coefficient (Wildman–Crippen LogP) is 2.82. The Morgan fingerprint density at radius 2 is 1.90 bits per heavy atom. The van der Waals surface area contributed by atoms with E-state index in [-0.39, 0.29) is 5.91 Å². The van der Waals surface area contributed by atoms with Crippen LogP contribution >= 0.6 is 0 Å². The third-order valence-corrected chi connectivity index (χ3v) is 3.59. The summed E-state index contributed by atoms with van der Waals surface area (Å²) in [4.78, 5) is 12.4. The van der Waals surface area contributed by atoms with Crippen LogP contribution in [0, 0.1) is 26.7 Å². The molecule has 20 heavy (non-hydrogen) atoms. The molecule has 1 aromatic carbocycles.